The Bertz CT molecular complexity index is 1570. The molecule has 0 aromatic heterocycles. The average Bonchev–Trinajstić information content (AvgIpc) is 3.33. The van der Waals surface area contributed by atoms with Crippen LogP contribution in [0.15, 0.2) is 158 Å². The molecule has 0 fully saturated rings. The van der Waals surface area contributed by atoms with Gasteiger partial charge in [-0.15, -0.1) is 0 Å². The van der Waals surface area contributed by atoms with E-state index < -0.39 is 12.1 Å². The fourth-order valence-electron chi connectivity index (χ4n) is 6.28. The van der Waals surface area contributed by atoms with Crippen LogP contribution in [-0.4, -0.2) is 37.2 Å². The van der Waals surface area contributed by atoms with Crippen molar-refractivity contribution in [2.45, 2.75) is 194 Å². The van der Waals surface area contributed by atoms with Crippen LogP contribution in [0.2, 0.25) is 0 Å². The minimum Gasteiger partial charge on any atom is -0.462 e. The summed E-state index contributed by atoms with van der Waals surface area (Å²) < 4.78 is 16.7. The first kappa shape index (κ1) is 62.0. The topological polar surface area (TPSA) is 78.9 Å². The Kier molecular flexibility index (Phi) is 49.7. The van der Waals surface area contributed by atoms with Gasteiger partial charge in [0.15, 0.2) is 6.10 Å². The number of hydrogen-bond donors (Lipinski definition) is 0. The number of carbonyl (C=O) groups is 3. The van der Waals surface area contributed by atoms with Crippen molar-refractivity contribution < 1.29 is 28.6 Å². The van der Waals surface area contributed by atoms with Gasteiger partial charge in [0.2, 0.25) is 0 Å². The molecule has 0 saturated heterocycles. The predicted molar refractivity (Wildman–Crippen MR) is 288 cm³/mol. The first-order valence-electron chi connectivity index (χ1n) is 26.1. The molecule has 0 N–H and O–H groups in total. The zero-order valence-corrected chi connectivity index (χ0v) is 42.3. The molecule has 0 spiro atoms. The highest BCUT2D eigenvalue weighted by Crippen LogP contribution is 2.11. The molecule has 0 saturated carbocycles. The molecule has 0 rings (SSSR count). The number of esters is 3. The fourth-order valence-corrected chi connectivity index (χ4v) is 6.28. The summed E-state index contributed by atoms with van der Waals surface area (Å²) in [6.07, 6.45) is 78.1. The largest absolute Gasteiger partial charge is 0.462 e. The van der Waals surface area contributed by atoms with Crippen molar-refractivity contribution in [2.75, 3.05) is 13.2 Å². The molecular weight excluding hydrogens is 829 g/mol. The molecule has 0 aromatic carbocycles. The number of allylic oxidation sites excluding steroid dienone is 26. The molecule has 0 radical (unpaired) electrons. The van der Waals surface area contributed by atoms with Crippen molar-refractivity contribution in [2.24, 2.45) is 0 Å². The Morgan fingerprint density at radius 3 is 1.15 bits per heavy atom. The van der Waals surface area contributed by atoms with Crippen LogP contribution < -0.4 is 0 Å². The summed E-state index contributed by atoms with van der Waals surface area (Å²) in [7, 11) is 0. The van der Waals surface area contributed by atoms with Crippen molar-refractivity contribution in [1.29, 1.82) is 0 Å². The van der Waals surface area contributed by atoms with Crippen LogP contribution in [0.5, 0.6) is 0 Å². The highest BCUT2D eigenvalue weighted by molar-refractivity contribution is 5.71. The smallest absolute Gasteiger partial charge is 0.306 e. The maximum Gasteiger partial charge on any atom is 0.306 e. The Hall–Kier alpha value is -4.97. The maximum absolute atomic E-state index is 12.8. The van der Waals surface area contributed by atoms with E-state index in [0.717, 1.165) is 96.3 Å². The zero-order chi connectivity index (χ0) is 48.6. The Balaban J connectivity index is 4.61. The van der Waals surface area contributed by atoms with Gasteiger partial charge < -0.3 is 14.2 Å². The van der Waals surface area contributed by atoms with E-state index in [4.69, 9.17) is 14.2 Å². The second kappa shape index (κ2) is 53.6. The van der Waals surface area contributed by atoms with E-state index in [-0.39, 0.29) is 38.0 Å². The third-order valence-electron chi connectivity index (χ3n) is 10.1. The molecule has 0 aliphatic carbocycles. The quantitative estimate of drug-likeness (QED) is 0.0199. The van der Waals surface area contributed by atoms with Crippen molar-refractivity contribution in [3.8, 4) is 0 Å². The Morgan fingerprint density at radius 1 is 0.328 bits per heavy atom. The molecular formula is C61H92O6. The monoisotopic (exact) mass is 921 g/mol. The van der Waals surface area contributed by atoms with Crippen LogP contribution in [-0.2, 0) is 28.6 Å². The molecule has 0 heterocycles. The van der Waals surface area contributed by atoms with Crippen molar-refractivity contribution in [1.82, 2.24) is 0 Å². The standard InChI is InChI=1S/C61H92O6/c1-4-7-10-13-16-19-22-25-27-29-30-32-33-36-39-42-45-48-51-54-60(63)66-57-58(56-65-59(62)53-50-47-44-41-38-35-24-21-18-15-12-9-6-3)67-61(64)55-52-49-46-43-40-37-34-31-28-26-23-20-17-14-11-8-5-2/h7,9-10,12,15-21,24-28,30,32,34-35,37-38,41,43-44,46,58H,4-6,8,11,13-14,22-23,29,31,33,36,39-40,42,45,47-57H2,1-3H3/b10-7-,12-9-,18-15-,19-16-,20-17-,24-21-,27-25-,28-26-,32-30-,37-34-,38-35-,44-41-,46-43-. The second-order valence-corrected chi connectivity index (χ2v) is 16.4. The van der Waals surface area contributed by atoms with E-state index in [0.29, 0.717) is 19.3 Å². The van der Waals surface area contributed by atoms with Gasteiger partial charge in [0.25, 0.3) is 0 Å². The van der Waals surface area contributed by atoms with E-state index in [2.05, 4.69) is 124 Å². The summed E-state index contributed by atoms with van der Waals surface area (Å²) in [4.78, 5) is 38.0. The predicted octanol–water partition coefficient (Wildman–Crippen LogP) is 17.4. The van der Waals surface area contributed by atoms with Gasteiger partial charge in [-0.3, -0.25) is 14.4 Å². The lowest BCUT2D eigenvalue weighted by molar-refractivity contribution is -0.167. The summed E-state index contributed by atoms with van der Waals surface area (Å²) in [6.45, 7) is 6.20. The van der Waals surface area contributed by atoms with E-state index in [1.54, 1.807) is 0 Å². The molecule has 372 valence electrons. The van der Waals surface area contributed by atoms with Crippen LogP contribution in [0.25, 0.3) is 0 Å². The first-order valence-corrected chi connectivity index (χ1v) is 26.1. The highest BCUT2D eigenvalue weighted by atomic mass is 16.6. The minimum absolute atomic E-state index is 0.138. The molecule has 0 amide bonds. The van der Waals surface area contributed by atoms with Crippen LogP contribution >= 0.6 is 0 Å². The van der Waals surface area contributed by atoms with E-state index in [1.165, 1.54) is 38.5 Å². The van der Waals surface area contributed by atoms with Crippen molar-refractivity contribution in [3.63, 3.8) is 0 Å². The number of unbranched alkanes of at least 4 members (excludes halogenated alkanes) is 11. The summed E-state index contributed by atoms with van der Waals surface area (Å²) >= 11 is 0. The summed E-state index contributed by atoms with van der Waals surface area (Å²) in [6, 6.07) is 0. The molecule has 1 atom stereocenters. The molecule has 0 aromatic rings. The van der Waals surface area contributed by atoms with Gasteiger partial charge in [-0.1, -0.05) is 217 Å². The molecule has 67 heavy (non-hydrogen) atoms. The molecule has 0 aliphatic heterocycles. The molecule has 0 aliphatic rings. The van der Waals surface area contributed by atoms with Gasteiger partial charge in [0.05, 0.1) is 0 Å². The van der Waals surface area contributed by atoms with Crippen LogP contribution in [0.1, 0.15) is 188 Å². The van der Waals surface area contributed by atoms with Gasteiger partial charge in [0.1, 0.15) is 13.2 Å². The average molecular weight is 921 g/mol. The number of hydrogen-bond acceptors (Lipinski definition) is 6. The lowest BCUT2D eigenvalue weighted by Crippen LogP contribution is -2.30. The Morgan fingerprint density at radius 2 is 0.672 bits per heavy atom. The minimum atomic E-state index is -0.849. The molecule has 6 nitrogen and oxygen atoms in total. The van der Waals surface area contributed by atoms with E-state index in [9.17, 15) is 14.4 Å². The third kappa shape index (κ3) is 51.9. The van der Waals surface area contributed by atoms with Crippen LogP contribution in [0.3, 0.4) is 0 Å². The van der Waals surface area contributed by atoms with Crippen molar-refractivity contribution >= 4 is 17.9 Å². The highest BCUT2D eigenvalue weighted by Gasteiger charge is 2.19. The van der Waals surface area contributed by atoms with Crippen LogP contribution in [0, 0.1) is 0 Å². The summed E-state index contributed by atoms with van der Waals surface area (Å²) in [5.41, 5.74) is 0. The fraction of sp³-hybridized carbons (Fsp3) is 0.525. The van der Waals surface area contributed by atoms with E-state index in [1.807, 2.05) is 54.7 Å². The SMILES string of the molecule is CC\C=C/C=C\C=C/C=C\C=C/CCCC(=O)OCC(COC(=O)CCCCCCCC/C=C\C/C=C\C/C=C\C/C=C\CC)OC(=O)CCC/C=C\C/C=C\C/C=C\C/C=C\CCCCC. The second-order valence-electron chi connectivity index (χ2n) is 16.4. The van der Waals surface area contributed by atoms with Gasteiger partial charge in [-0.25, -0.2) is 0 Å². The normalized spacial score (nSPS) is 13.4. The van der Waals surface area contributed by atoms with Crippen molar-refractivity contribution in [3.05, 3.63) is 158 Å². The van der Waals surface area contributed by atoms with Gasteiger partial charge >= 0.3 is 17.9 Å². The van der Waals surface area contributed by atoms with Gasteiger partial charge in [-0.05, 0) is 109 Å². The zero-order valence-electron chi connectivity index (χ0n) is 42.3. The number of ether oxygens (including phenoxy) is 3. The number of carbonyl (C=O) groups excluding carboxylic acids is 3. The lowest BCUT2D eigenvalue weighted by Gasteiger charge is -2.18. The number of rotatable bonds is 44. The molecule has 6 heteroatoms. The molecule has 1 unspecified atom stereocenters. The van der Waals surface area contributed by atoms with Gasteiger partial charge in [0, 0.05) is 19.3 Å². The van der Waals surface area contributed by atoms with Crippen LogP contribution in [0.4, 0.5) is 0 Å². The Labute approximate surface area is 409 Å². The third-order valence-corrected chi connectivity index (χ3v) is 10.1. The maximum atomic E-state index is 12.8. The van der Waals surface area contributed by atoms with Gasteiger partial charge in [-0.2, -0.15) is 0 Å². The summed E-state index contributed by atoms with van der Waals surface area (Å²) in [5, 5.41) is 0. The van der Waals surface area contributed by atoms with E-state index >= 15 is 0 Å². The summed E-state index contributed by atoms with van der Waals surface area (Å²) in [5.74, 6) is -1.10. The molecule has 0 bridgehead atoms. The first-order chi connectivity index (χ1) is 33.0. The lowest BCUT2D eigenvalue weighted by atomic mass is 10.1.